The van der Waals surface area contributed by atoms with Gasteiger partial charge in [0.1, 0.15) is 17.9 Å². The zero-order valence-electron chi connectivity index (χ0n) is 13.4. The number of hydrogen-bond acceptors (Lipinski definition) is 4. The molecular weight excluding hydrogens is 288 g/mol. The first-order valence-corrected chi connectivity index (χ1v) is 8.66. The summed E-state index contributed by atoms with van der Waals surface area (Å²) >= 11 is 0. The number of ether oxygens (including phenoxy) is 1. The molecule has 2 aliphatic rings. The van der Waals surface area contributed by atoms with E-state index in [2.05, 4.69) is 44.3 Å². The van der Waals surface area contributed by atoms with Crippen molar-refractivity contribution in [2.24, 2.45) is 11.8 Å². The van der Waals surface area contributed by atoms with E-state index in [0.717, 1.165) is 50.2 Å². The van der Waals surface area contributed by atoms with Crippen LogP contribution in [0.3, 0.4) is 0 Å². The summed E-state index contributed by atoms with van der Waals surface area (Å²) in [6.07, 6.45) is 6.72. The predicted molar refractivity (Wildman–Crippen MR) is 88.2 cm³/mol. The van der Waals surface area contributed by atoms with Gasteiger partial charge < -0.3 is 14.6 Å². The molecule has 2 heterocycles. The molecule has 23 heavy (non-hydrogen) atoms. The molecule has 1 fully saturated rings. The van der Waals surface area contributed by atoms with Crippen LogP contribution in [0.4, 0.5) is 0 Å². The molecule has 1 atom stereocenters. The first-order valence-electron chi connectivity index (χ1n) is 8.66. The van der Waals surface area contributed by atoms with Crippen molar-refractivity contribution >= 4 is 0 Å². The Balaban J connectivity index is 1.28. The molecule has 1 saturated carbocycles. The van der Waals surface area contributed by atoms with Gasteiger partial charge in [0, 0.05) is 25.1 Å². The van der Waals surface area contributed by atoms with Gasteiger partial charge in [0.05, 0.1) is 6.61 Å². The van der Waals surface area contributed by atoms with Gasteiger partial charge in [-0.1, -0.05) is 18.2 Å². The van der Waals surface area contributed by atoms with Crippen molar-refractivity contribution < 1.29 is 4.74 Å². The van der Waals surface area contributed by atoms with E-state index in [1.54, 1.807) is 0 Å². The average molecular weight is 312 g/mol. The highest BCUT2D eigenvalue weighted by molar-refractivity contribution is 5.33. The molecule has 122 valence electrons. The lowest BCUT2D eigenvalue weighted by molar-refractivity contribution is 0.295. The van der Waals surface area contributed by atoms with Crippen molar-refractivity contribution in [2.75, 3.05) is 13.2 Å². The lowest BCUT2D eigenvalue weighted by atomic mass is 9.99. The quantitative estimate of drug-likeness (QED) is 0.853. The number of aryl methyl sites for hydroxylation is 1. The second-order valence-corrected chi connectivity index (χ2v) is 6.80. The number of hydrogen-bond donors (Lipinski definition) is 1. The molecule has 5 heteroatoms. The van der Waals surface area contributed by atoms with Gasteiger partial charge in [-0.05, 0) is 43.7 Å². The minimum atomic E-state index is 0.651. The summed E-state index contributed by atoms with van der Waals surface area (Å²) in [6, 6.07) is 8.39. The van der Waals surface area contributed by atoms with Crippen LogP contribution in [0.2, 0.25) is 0 Å². The maximum Gasteiger partial charge on any atom is 0.132 e. The highest BCUT2D eigenvalue weighted by Gasteiger charge is 2.22. The molecular formula is C18H24N4O. The second-order valence-electron chi connectivity index (χ2n) is 6.80. The third-order valence-corrected chi connectivity index (χ3v) is 4.82. The highest BCUT2D eigenvalue weighted by atomic mass is 16.5. The molecule has 1 aliphatic heterocycles. The standard InChI is InChI=1S/C18H24N4O/c1-2-4-17(23-12-14-5-6-14)16(3-1)10-19-9-15-7-8-18-21-20-13-22(18)11-15/h1-4,13-15,19H,5-12H2/t15-/m0/s1. The minimum Gasteiger partial charge on any atom is -0.493 e. The third-order valence-electron chi connectivity index (χ3n) is 4.82. The third kappa shape index (κ3) is 3.72. The summed E-state index contributed by atoms with van der Waals surface area (Å²) in [5.74, 6) is 3.60. The van der Waals surface area contributed by atoms with Gasteiger partial charge in [0.2, 0.25) is 0 Å². The van der Waals surface area contributed by atoms with Crippen LogP contribution in [-0.4, -0.2) is 27.9 Å². The van der Waals surface area contributed by atoms with E-state index < -0.39 is 0 Å². The fraction of sp³-hybridized carbons (Fsp3) is 0.556. The summed E-state index contributed by atoms with van der Waals surface area (Å²) in [5, 5.41) is 11.7. The number of nitrogens with one attached hydrogen (secondary N) is 1. The Labute approximate surface area is 137 Å². The summed E-state index contributed by atoms with van der Waals surface area (Å²) in [4.78, 5) is 0. The smallest absolute Gasteiger partial charge is 0.132 e. The molecule has 4 rings (SSSR count). The largest absolute Gasteiger partial charge is 0.493 e. The molecule has 0 spiro atoms. The zero-order chi connectivity index (χ0) is 15.5. The van der Waals surface area contributed by atoms with Gasteiger partial charge in [0.25, 0.3) is 0 Å². The highest BCUT2D eigenvalue weighted by Crippen LogP contribution is 2.30. The number of fused-ring (bicyclic) bond motifs is 1. The van der Waals surface area contributed by atoms with Gasteiger partial charge in [-0.15, -0.1) is 10.2 Å². The van der Waals surface area contributed by atoms with Crippen LogP contribution in [0.5, 0.6) is 5.75 Å². The number of aromatic nitrogens is 3. The van der Waals surface area contributed by atoms with Gasteiger partial charge in [0.15, 0.2) is 0 Å². The van der Waals surface area contributed by atoms with E-state index in [9.17, 15) is 0 Å². The molecule has 0 radical (unpaired) electrons. The fourth-order valence-corrected chi connectivity index (χ4v) is 3.19. The second kappa shape index (κ2) is 6.71. The van der Waals surface area contributed by atoms with Crippen LogP contribution < -0.4 is 10.1 Å². The topological polar surface area (TPSA) is 52.0 Å². The molecule has 0 bridgehead atoms. The predicted octanol–water partition coefficient (Wildman–Crippen LogP) is 2.42. The Hall–Kier alpha value is -1.88. The first-order chi connectivity index (χ1) is 11.4. The number of para-hydroxylation sites is 1. The van der Waals surface area contributed by atoms with Crippen molar-refractivity contribution in [1.29, 1.82) is 0 Å². The summed E-state index contributed by atoms with van der Waals surface area (Å²) in [5.41, 5.74) is 1.26. The molecule has 0 saturated heterocycles. The van der Waals surface area contributed by atoms with E-state index in [4.69, 9.17) is 4.74 Å². The normalized spacial score (nSPS) is 20.3. The van der Waals surface area contributed by atoms with Gasteiger partial charge in [-0.3, -0.25) is 0 Å². The Morgan fingerprint density at radius 3 is 3.00 bits per heavy atom. The van der Waals surface area contributed by atoms with Crippen LogP contribution >= 0.6 is 0 Å². The number of benzene rings is 1. The van der Waals surface area contributed by atoms with Gasteiger partial charge in [-0.2, -0.15) is 0 Å². The van der Waals surface area contributed by atoms with E-state index >= 15 is 0 Å². The Morgan fingerprint density at radius 1 is 1.17 bits per heavy atom. The molecule has 1 N–H and O–H groups in total. The maximum absolute atomic E-state index is 5.98. The van der Waals surface area contributed by atoms with Crippen LogP contribution in [0.15, 0.2) is 30.6 Å². The Kier molecular flexibility index (Phi) is 4.28. The van der Waals surface area contributed by atoms with Crippen LogP contribution in [0.1, 0.15) is 30.7 Å². The SMILES string of the molecule is c1ccc(OCC2CC2)c(CNC[C@@H]2CCc3nncn3C2)c1. The molecule has 0 unspecified atom stereocenters. The molecule has 1 aromatic carbocycles. The van der Waals surface area contributed by atoms with E-state index in [0.29, 0.717) is 5.92 Å². The number of nitrogens with zero attached hydrogens (tertiary/aromatic N) is 3. The fourth-order valence-electron chi connectivity index (χ4n) is 3.19. The Morgan fingerprint density at radius 2 is 2.09 bits per heavy atom. The van der Waals surface area contributed by atoms with Gasteiger partial charge >= 0.3 is 0 Å². The van der Waals surface area contributed by atoms with E-state index in [1.807, 2.05) is 6.33 Å². The molecule has 1 aliphatic carbocycles. The van der Waals surface area contributed by atoms with Crippen LogP contribution in [-0.2, 0) is 19.5 Å². The molecule has 5 nitrogen and oxygen atoms in total. The number of rotatable bonds is 7. The van der Waals surface area contributed by atoms with Crippen molar-refractivity contribution in [3.05, 3.63) is 42.0 Å². The average Bonchev–Trinajstić information content (AvgIpc) is 3.29. The molecule has 2 aromatic rings. The van der Waals surface area contributed by atoms with Gasteiger partial charge in [-0.25, -0.2) is 0 Å². The maximum atomic E-state index is 5.98. The van der Waals surface area contributed by atoms with Crippen molar-refractivity contribution in [2.45, 2.75) is 38.8 Å². The summed E-state index contributed by atoms with van der Waals surface area (Å²) < 4.78 is 8.16. The summed E-state index contributed by atoms with van der Waals surface area (Å²) in [7, 11) is 0. The zero-order valence-corrected chi connectivity index (χ0v) is 13.4. The van der Waals surface area contributed by atoms with Crippen molar-refractivity contribution in [1.82, 2.24) is 20.1 Å². The minimum absolute atomic E-state index is 0.651. The summed E-state index contributed by atoms with van der Waals surface area (Å²) in [6.45, 7) is 3.78. The first kappa shape index (κ1) is 14.7. The van der Waals surface area contributed by atoms with Crippen LogP contribution in [0, 0.1) is 11.8 Å². The van der Waals surface area contributed by atoms with E-state index in [1.165, 1.54) is 24.8 Å². The molecule has 0 amide bonds. The lowest BCUT2D eigenvalue weighted by Crippen LogP contribution is -2.29. The lowest BCUT2D eigenvalue weighted by Gasteiger charge is -2.23. The van der Waals surface area contributed by atoms with E-state index in [-0.39, 0.29) is 0 Å². The molecule has 1 aromatic heterocycles. The van der Waals surface area contributed by atoms with Crippen LogP contribution in [0.25, 0.3) is 0 Å². The monoisotopic (exact) mass is 312 g/mol. The Bertz CT molecular complexity index is 650. The van der Waals surface area contributed by atoms with Crippen molar-refractivity contribution in [3.8, 4) is 5.75 Å². The van der Waals surface area contributed by atoms with Crippen molar-refractivity contribution in [3.63, 3.8) is 0 Å².